The van der Waals surface area contributed by atoms with Gasteiger partial charge in [0, 0.05) is 57.7 Å². The summed E-state index contributed by atoms with van der Waals surface area (Å²) in [5, 5.41) is 18.7. The van der Waals surface area contributed by atoms with E-state index < -0.39 is 42.8 Å². The van der Waals surface area contributed by atoms with Gasteiger partial charge < -0.3 is 25.0 Å². The van der Waals surface area contributed by atoms with Crippen LogP contribution in [0.5, 0.6) is 0 Å². The van der Waals surface area contributed by atoms with Crippen molar-refractivity contribution in [2.75, 3.05) is 45.9 Å². The van der Waals surface area contributed by atoms with E-state index in [9.17, 15) is 31.9 Å². The van der Waals surface area contributed by atoms with Crippen molar-refractivity contribution in [1.82, 2.24) is 30.1 Å². The monoisotopic (exact) mass is 670 g/mol. The van der Waals surface area contributed by atoms with Crippen LogP contribution in [-0.2, 0) is 30.3 Å². The number of ether oxygens (including phenoxy) is 1. The third kappa shape index (κ3) is 12.0. The first-order valence-electron chi connectivity index (χ1n) is 14.7. The zero-order chi connectivity index (χ0) is 35.1. The fourth-order valence-corrected chi connectivity index (χ4v) is 5.08. The highest BCUT2D eigenvalue weighted by atomic mass is 19.4. The smallest absolute Gasteiger partial charge is 0.389 e. The van der Waals surface area contributed by atoms with Crippen LogP contribution in [0.2, 0.25) is 0 Å². The number of hydrogen-bond donors (Lipinski definition) is 2. The van der Waals surface area contributed by atoms with Crippen LogP contribution < -0.4 is 5.32 Å². The molecule has 1 aromatic heterocycles. The van der Waals surface area contributed by atoms with Gasteiger partial charge in [0.15, 0.2) is 5.69 Å². The summed E-state index contributed by atoms with van der Waals surface area (Å²) in [6.45, 7) is 9.98. The molecule has 0 aliphatic carbocycles. The number of nitrogens with zero attached hydrogens (tertiary/aromatic N) is 5. The minimum Gasteiger partial charge on any atom is -0.478 e. The number of aliphatic carboxylic acids is 1. The standard InChI is InChI=1S/C26H34F4N6O3.C3H4O2.CO2/c1-17(2)16-35(19-13-18(14-31-15-19)24(37)34-9-11-39-12-10-34)25(38)23-22(7-8-26(28,29)30)36(33-32-23)21-6-4-3-5-20(21)27;1-2-3(4)5;2-1-3/h3-6,17-19,31H,7-16H2,1-2H3;2H,1H2,(H,4,5);/t18-,19+;;/m1../s1. The van der Waals surface area contributed by atoms with Crippen molar-refractivity contribution in [3.05, 3.63) is 54.1 Å². The van der Waals surface area contributed by atoms with E-state index in [1.165, 1.54) is 18.2 Å². The summed E-state index contributed by atoms with van der Waals surface area (Å²) in [6.07, 6.45) is -4.83. The summed E-state index contributed by atoms with van der Waals surface area (Å²) in [4.78, 5) is 55.9. The van der Waals surface area contributed by atoms with Crippen molar-refractivity contribution in [3.63, 3.8) is 0 Å². The molecule has 13 nitrogen and oxygen atoms in total. The molecule has 2 N–H and O–H groups in total. The molecule has 0 radical (unpaired) electrons. The fraction of sp³-hybridized carbons (Fsp3) is 0.533. The predicted molar refractivity (Wildman–Crippen MR) is 157 cm³/mol. The van der Waals surface area contributed by atoms with Gasteiger partial charge in [-0.2, -0.15) is 22.8 Å². The topological polar surface area (TPSA) is 164 Å². The van der Waals surface area contributed by atoms with Gasteiger partial charge in [-0.05, 0) is 24.5 Å². The summed E-state index contributed by atoms with van der Waals surface area (Å²) in [7, 11) is 0. The van der Waals surface area contributed by atoms with Crippen molar-refractivity contribution in [1.29, 1.82) is 0 Å². The Labute approximate surface area is 268 Å². The molecule has 0 bridgehead atoms. The van der Waals surface area contributed by atoms with Crippen LogP contribution >= 0.6 is 0 Å². The van der Waals surface area contributed by atoms with E-state index in [4.69, 9.17) is 19.4 Å². The van der Waals surface area contributed by atoms with Gasteiger partial charge in [-0.1, -0.05) is 37.8 Å². The van der Waals surface area contributed by atoms with Crippen LogP contribution in [0.25, 0.3) is 5.69 Å². The van der Waals surface area contributed by atoms with Crippen molar-refractivity contribution < 1.29 is 51.4 Å². The number of carbonyl (C=O) groups excluding carboxylic acids is 4. The van der Waals surface area contributed by atoms with Crippen molar-refractivity contribution in [2.24, 2.45) is 11.8 Å². The fourth-order valence-electron chi connectivity index (χ4n) is 5.08. The highest BCUT2D eigenvalue weighted by Gasteiger charge is 2.38. The van der Waals surface area contributed by atoms with Gasteiger partial charge in [0.1, 0.15) is 11.5 Å². The molecular weight excluding hydrogens is 632 g/mol. The molecule has 1 aromatic carbocycles. The second-order valence-corrected chi connectivity index (χ2v) is 11.0. The van der Waals surface area contributed by atoms with Crippen LogP contribution in [-0.4, -0.2) is 112 Å². The summed E-state index contributed by atoms with van der Waals surface area (Å²) >= 11 is 0. The van der Waals surface area contributed by atoms with Crippen molar-refractivity contribution in [2.45, 2.75) is 45.3 Å². The molecule has 2 amide bonds. The number of para-hydroxylation sites is 1. The van der Waals surface area contributed by atoms with E-state index in [0.29, 0.717) is 52.4 Å². The number of halogens is 4. The van der Waals surface area contributed by atoms with Crippen LogP contribution in [0.3, 0.4) is 0 Å². The zero-order valence-corrected chi connectivity index (χ0v) is 26.0. The first kappa shape index (κ1) is 38.7. The SMILES string of the molecule is C=CC(=O)O.CC(C)CN(C(=O)c1nnn(-c2ccccc2F)c1CCC(F)(F)F)[C@@H]1CNC[C@H](C(=O)N2CCOCC2)C1.O=C=O. The molecular formula is C30H38F4N6O7. The van der Waals surface area contributed by atoms with Gasteiger partial charge in [-0.25, -0.2) is 13.9 Å². The number of carboxylic acids is 1. The largest absolute Gasteiger partial charge is 0.478 e. The molecule has 0 spiro atoms. The van der Waals surface area contributed by atoms with Crippen LogP contribution in [0.1, 0.15) is 42.9 Å². The summed E-state index contributed by atoms with van der Waals surface area (Å²) < 4.78 is 60.5. The molecule has 258 valence electrons. The van der Waals surface area contributed by atoms with Crippen LogP contribution in [0, 0.1) is 17.7 Å². The number of hydrogen-bond acceptors (Lipinski definition) is 9. The molecule has 4 rings (SSSR count). The maximum absolute atomic E-state index is 14.6. The molecule has 2 fully saturated rings. The van der Waals surface area contributed by atoms with Gasteiger partial charge >= 0.3 is 18.3 Å². The number of amides is 2. The molecule has 2 aliphatic heterocycles. The second-order valence-electron chi connectivity index (χ2n) is 11.0. The van der Waals surface area contributed by atoms with Gasteiger partial charge in [-0.3, -0.25) is 9.59 Å². The van der Waals surface area contributed by atoms with E-state index >= 15 is 0 Å². The van der Waals surface area contributed by atoms with Crippen LogP contribution in [0.4, 0.5) is 17.6 Å². The lowest BCUT2D eigenvalue weighted by atomic mass is 9.92. The van der Waals surface area contributed by atoms with E-state index in [1.54, 1.807) is 9.80 Å². The molecule has 2 aliphatic rings. The third-order valence-electron chi connectivity index (χ3n) is 7.13. The molecule has 47 heavy (non-hydrogen) atoms. The summed E-state index contributed by atoms with van der Waals surface area (Å²) in [5.74, 6) is -2.61. The molecule has 0 unspecified atom stereocenters. The molecule has 2 atom stereocenters. The highest BCUT2D eigenvalue weighted by Crippen LogP contribution is 2.27. The van der Waals surface area contributed by atoms with Gasteiger partial charge in [0.25, 0.3) is 5.91 Å². The number of alkyl halides is 3. The third-order valence-corrected chi connectivity index (χ3v) is 7.13. The Kier molecular flexibility index (Phi) is 15.3. The van der Waals surface area contributed by atoms with E-state index in [1.807, 2.05) is 13.8 Å². The number of nitrogens with one attached hydrogen (secondary N) is 1. The minimum atomic E-state index is -4.50. The Morgan fingerprint density at radius 3 is 2.36 bits per heavy atom. The Morgan fingerprint density at radius 2 is 1.81 bits per heavy atom. The normalized spacial score (nSPS) is 17.7. The molecule has 2 aromatic rings. The summed E-state index contributed by atoms with van der Waals surface area (Å²) in [5.41, 5.74) is -0.446. The Bertz CT molecular complexity index is 1390. The first-order chi connectivity index (χ1) is 22.2. The number of carboxylic acid groups (broad SMARTS) is 1. The Hall–Kier alpha value is -4.47. The predicted octanol–water partition coefficient (Wildman–Crippen LogP) is 2.51. The number of carbonyl (C=O) groups is 3. The van der Waals surface area contributed by atoms with Crippen molar-refractivity contribution >= 4 is 23.9 Å². The first-order valence-corrected chi connectivity index (χ1v) is 14.7. The number of aromatic nitrogens is 3. The minimum absolute atomic E-state index is 0.0104. The van der Waals surface area contributed by atoms with E-state index in [2.05, 4.69) is 22.2 Å². The quantitative estimate of drug-likeness (QED) is 0.299. The van der Waals surface area contributed by atoms with E-state index in [0.717, 1.165) is 16.8 Å². The lowest BCUT2D eigenvalue weighted by Crippen LogP contribution is -2.56. The molecule has 0 saturated carbocycles. The van der Waals surface area contributed by atoms with Gasteiger partial charge in [0.2, 0.25) is 5.91 Å². The van der Waals surface area contributed by atoms with Crippen LogP contribution in [0.15, 0.2) is 36.9 Å². The second kappa shape index (κ2) is 18.6. The number of piperidine rings is 1. The average Bonchev–Trinajstić information content (AvgIpc) is 3.46. The molecule has 2 saturated heterocycles. The lowest BCUT2D eigenvalue weighted by Gasteiger charge is -2.40. The van der Waals surface area contributed by atoms with Gasteiger partial charge in [-0.15, -0.1) is 5.10 Å². The Balaban J connectivity index is 0.000000863. The maximum Gasteiger partial charge on any atom is 0.389 e. The maximum atomic E-state index is 14.6. The molecule has 3 heterocycles. The van der Waals surface area contributed by atoms with Gasteiger partial charge in [0.05, 0.1) is 24.8 Å². The van der Waals surface area contributed by atoms with Crippen molar-refractivity contribution in [3.8, 4) is 5.69 Å². The Morgan fingerprint density at radius 1 is 1.19 bits per heavy atom. The lowest BCUT2D eigenvalue weighted by molar-refractivity contribution is -0.191. The number of morpholine rings is 1. The highest BCUT2D eigenvalue weighted by molar-refractivity contribution is 5.94. The average molecular weight is 671 g/mol. The van der Waals surface area contributed by atoms with E-state index in [-0.39, 0.29) is 41.0 Å². The number of rotatable bonds is 9. The molecule has 17 heteroatoms. The zero-order valence-electron chi connectivity index (χ0n) is 26.0. The summed E-state index contributed by atoms with van der Waals surface area (Å²) in [6, 6.07) is 5.12. The number of benzene rings is 1.